The molecule has 0 aromatic heterocycles. The molecule has 5 nitrogen and oxygen atoms in total. The Morgan fingerprint density at radius 1 is 1.13 bits per heavy atom. The monoisotopic (exact) mass is 418 g/mol. The van der Waals surface area contributed by atoms with E-state index in [1.54, 1.807) is 22.5 Å². The third-order valence-electron chi connectivity index (χ3n) is 6.26. The largest absolute Gasteiger partial charge is 0.416 e. The number of fused-ring (bicyclic) bond motifs is 1. The standard InChI is InChI=1S/C22H21F3N2O3/c23-22(24,25)16-6-4-14(5-7-16)13-27-11-10-21(20(27)29)9-8-15-2-1-3-17(18(15)12-21)19(28)26-30/h1-7,30H,8-13H2,(H,26,28). The lowest BCUT2D eigenvalue weighted by Crippen LogP contribution is -2.39. The topological polar surface area (TPSA) is 69.6 Å². The summed E-state index contributed by atoms with van der Waals surface area (Å²) in [6.07, 6.45) is -2.04. The van der Waals surface area contributed by atoms with Gasteiger partial charge in [0.1, 0.15) is 0 Å². The van der Waals surface area contributed by atoms with Crippen LogP contribution in [-0.4, -0.2) is 28.5 Å². The normalized spacial score (nSPS) is 21.1. The fourth-order valence-electron chi connectivity index (χ4n) is 4.61. The number of hydrogen-bond donors (Lipinski definition) is 2. The zero-order valence-corrected chi connectivity index (χ0v) is 16.1. The minimum Gasteiger partial charge on any atom is -0.338 e. The Labute approximate surface area is 171 Å². The molecule has 0 saturated carbocycles. The Kier molecular flexibility index (Phi) is 5.05. The smallest absolute Gasteiger partial charge is 0.338 e. The molecule has 1 spiro atoms. The zero-order valence-electron chi connectivity index (χ0n) is 16.1. The van der Waals surface area contributed by atoms with E-state index < -0.39 is 23.1 Å². The molecule has 1 fully saturated rings. The minimum atomic E-state index is -4.39. The number of rotatable bonds is 3. The molecule has 1 aliphatic carbocycles. The number of hydrogen-bond acceptors (Lipinski definition) is 3. The van der Waals surface area contributed by atoms with Gasteiger partial charge in [0.05, 0.1) is 11.0 Å². The number of nitrogens with zero attached hydrogens (tertiary/aromatic N) is 1. The Balaban J connectivity index is 1.53. The molecule has 2 aliphatic rings. The van der Waals surface area contributed by atoms with Crippen molar-refractivity contribution in [3.63, 3.8) is 0 Å². The van der Waals surface area contributed by atoms with Crippen LogP contribution in [0.25, 0.3) is 0 Å². The summed E-state index contributed by atoms with van der Waals surface area (Å²) in [4.78, 5) is 27.0. The molecule has 158 valence electrons. The number of benzene rings is 2. The van der Waals surface area contributed by atoms with Crippen molar-refractivity contribution in [3.8, 4) is 0 Å². The molecular formula is C22H21F3N2O3. The van der Waals surface area contributed by atoms with Crippen LogP contribution in [0.3, 0.4) is 0 Å². The van der Waals surface area contributed by atoms with Crippen molar-refractivity contribution >= 4 is 11.8 Å². The van der Waals surface area contributed by atoms with E-state index in [-0.39, 0.29) is 12.5 Å². The zero-order chi connectivity index (χ0) is 21.5. The second-order valence-corrected chi connectivity index (χ2v) is 8.01. The molecule has 1 heterocycles. The Morgan fingerprint density at radius 2 is 1.87 bits per heavy atom. The summed E-state index contributed by atoms with van der Waals surface area (Å²) in [7, 11) is 0. The molecule has 8 heteroatoms. The molecule has 1 aliphatic heterocycles. The first-order valence-corrected chi connectivity index (χ1v) is 9.74. The summed E-state index contributed by atoms with van der Waals surface area (Å²) in [5.74, 6) is -0.636. The summed E-state index contributed by atoms with van der Waals surface area (Å²) in [5.41, 5.74) is 3.11. The van der Waals surface area contributed by atoms with Crippen LogP contribution in [-0.2, 0) is 30.4 Å². The van der Waals surface area contributed by atoms with Gasteiger partial charge in [-0.3, -0.25) is 14.8 Å². The summed E-state index contributed by atoms with van der Waals surface area (Å²) in [6, 6.07) is 10.2. The van der Waals surface area contributed by atoms with Crippen molar-refractivity contribution in [2.24, 2.45) is 5.41 Å². The summed E-state index contributed by atoms with van der Waals surface area (Å²) < 4.78 is 38.3. The number of carbonyl (C=O) groups excluding carboxylic acids is 2. The van der Waals surface area contributed by atoms with Crippen molar-refractivity contribution in [2.75, 3.05) is 6.54 Å². The third kappa shape index (κ3) is 3.56. The first-order chi connectivity index (χ1) is 14.2. The third-order valence-corrected chi connectivity index (χ3v) is 6.26. The van der Waals surface area contributed by atoms with Crippen LogP contribution in [0.15, 0.2) is 42.5 Å². The summed E-state index contributed by atoms with van der Waals surface area (Å²) in [5, 5.41) is 9.03. The number of nitrogens with one attached hydrogen (secondary N) is 1. The van der Waals surface area contributed by atoms with Crippen molar-refractivity contribution < 1.29 is 28.0 Å². The fourth-order valence-corrected chi connectivity index (χ4v) is 4.61. The van der Waals surface area contributed by atoms with Crippen LogP contribution >= 0.6 is 0 Å². The van der Waals surface area contributed by atoms with E-state index in [1.165, 1.54) is 12.1 Å². The van der Waals surface area contributed by atoms with E-state index in [1.807, 2.05) is 6.07 Å². The number of aryl methyl sites for hydroxylation is 1. The molecule has 30 heavy (non-hydrogen) atoms. The van der Waals surface area contributed by atoms with Gasteiger partial charge in [-0.25, -0.2) is 5.48 Å². The molecule has 0 radical (unpaired) electrons. The lowest BCUT2D eigenvalue weighted by molar-refractivity contribution is -0.138. The quantitative estimate of drug-likeness (QED) is 0.590. The minimum absolute atomic E-state index is 0.0349. The van der Waals surface area contributed by atoms with Gasteiger partial charge in [-0.15, -0.1) is 0 Å². The van der Waals surface area contributed by atoms with Crippen molar-refractivity contribution in [1.82, 2.24) is 10.4 Å². The van der Waals surface area contributed by atoms with Gasteiger partial charge in [0.2, 0.25) is 5.91 Å². The number of hydroxylamine groups is 1. The molecule has 1 atom stereocenters. The van der Waals surface area contributed by atoms with Crippen molar-refractivity contribution in [1.29, 1.82) is 0 Å². The van der Waals surface area contributed by atoms with Crippen LogP contribution in [0.2, 0.25) is 0 Å². The molecule has 4 rings (SSSR count). The van der Waals surface area contributed by atoms with Crippen LogP contribution in [0.1, 0.15) is 45.5 Å². The number of likely N-dealkylation sites (tertiary alicyclic amines) is 1. The van der Waals surface area contributed by atoms with Crippen molar-refractivity contribution in [2.45, 2.75) is 38.4 Å². The highest BCUT2D eigenvalue weighted by Gasteiger charge is 2.48. The first-order valence-electron chi connectivity index (χ1n) is 9.74. The summed E-state index contributed by atoms with van der Waals surface area (Å²) in [6.45, 7) is 0.772. The first kappa shape index (κ1) is 20.4. The second-order valence-electron chi connectivity index (χ2n) is 8.01. The van der Waals surface area contributed by atoms with E-state index in [2.05, 4.69) is 0 Å². The highest BCUT2D eigenvalue weighted by Crippen LogP contribution is 2.45. The van der Waals surface area contributed by atoms with Gasteiger partial charge in [0, 0.05) is 18.7 Å². The molecule has 1 unspecified atom stereocenters. The lowest BCUT2D eigenvalue weighted by atomic mass is 9.69. The SMILES string of the molecule is O=C(NO)c1cccc2c1CC1(CC2)CCN(Cc2ccc(C(F)(F)F)cc2)C1=O. The molecule has 2 amide bonds. The molecule has 2 N–H and O–H groups in total. The maximum absolute atomic E-state index is 13.3. The lowest BCUT2D eigenvalue weighted by Gasteiger charge is -2.34. The predicted molar refractivity (Wildman–Crippen MR) is 102 cm³/mol. The van der Waals surface area contributed by atoms with E-state index in [4.69, 9.17) is 5.21 Å². The average Bonchev–Trinajstić information content (AvgIpc) is 3.02. The maximum atomic E-state index is 13.3. The van der Waals surface area contributed by atoms with Gasteiger partial charge in [-0.1, -0.05) is 24.3 Å². The van der Waals surface area contributed by atoms with E-state index >= 15 is 0 Å². The highest BCUT2D eigenvalue weighted by atomic mass is 19.4. The number of carbonyl (C=O) groups is 2. The van der Waals surface area contributed by atoms with Gasteiger partial charge in [0.25, 0.3) is 5.91 Å². The van der Waals surface area contributed by atoms with Gasteiger partial charge in [0.15, 0.2) is 0 Å². The number of alkyl halides is 3. The highest BCUT2D eigenvalue weighted by molar-refractivity contribution is 5.96. The molecule has 1 saturated heterocycles. The maximum Gasteiger partial charge on any atom is 0.416 e. The molecular weight excluding hydrogens is 397 g/mol. The van der Waals surface area contributed by atoms with Gasteiger partial charge >= 0.3 is 6.18 Å². The molecule has 2 aromatic rings. The fraction of sp³-hybridized carbons (Fsp3) is 0.364. The second kappa shape index (κ2) is 7.43. The van der Waals surface area contributed by atoms with E-state index in [0.717, 1.165) is 23.3 Å². The average molecular weight is 418 g/mol. The number of halogens is 3. The van der Waals surface area contributed by atoms with Crippen LogP contribution in [0.5, 0.6) is 0 Å². The van der Waals surface area contributed by atoms with Crippen molar-refractivity contribution in [3.05, 3.63) is 70.3 Å². The van der Waals surface area contributed by atoms with Crippen LogP contribution < -0.4 is 5.48 Å². The molecule has 0 bridgehead atoms. The Bertz CT molecular complexity index is 988. The van der Waals surface area contributed by atoms with Gasteiger partial charge in [-0.05, 0) is 60.6 Å². The van der Waals surface area contributed by atoms with Gasteiger partial charge < -0.3 is 4.90 Å². The predicted octanol–water partition coefficient (Wildman–Crippen LogP) is 3.73. The van der Waals surface area contributed by atoms with Crippen LogP contribution in [0.4, 0.5) is 13.2 Å². The Morgan fingerprint density at radius 3 is 2.53 bits per heavy atom. The Hall–Kier alpha value is -2.87. The summed E-state index contributed by atoms with van der Waals surface area (Å²) >= 11 is 0. The number of amides is 2. The van der Waals surface area contributed by atoms with Crippen LogP contribution in [0, 0.1) is 5.41 Å². The molecule has 2 aromatic carbocycles. The van der Waals surface area contributed by atoms with Gasteiger partial charge in [-0.2, -0.15) is 13.2 Å². The van der Waals surface area contributed by atoms with E-state index in [0.29, 0.717) is 43.4 Å². The van der Waals surface area contributed by atoms with E-state index in [9.17, 15) is 22.8 Å².